The van der Waals surface area contributed by atoms with Crippen molar-refractivity contribution in [1.82, 2.24) is 20.4 Å². The van der Waals surface area contributed by atoms with Gasteiger partial charge in [-0.05, 0) is 43.5 Å². The maximum atomic E-state index is 12.0. The van der Waals surface area contributed by atoms with E-state index in [0.717, 1.165) is 37.2 Å². The van der Waals surface area contributed by atoms with Crippen LogP contribution in [0.2, 0.25) is 0 Å². The van der Waals surface area contributed by atoms with Gasteiger partial charge in [-0.1, -0.05) is 19.1 Å². The Morgan fingerprint density at radius 3 is 2.45 bits per heavy atom. The van der Waals surface area contributed by atoms with Crippen molar-refractivity contribution in [2.24, 2.45) is 4.99 Å². The molecule has 1 aromatic rings. The van der Waals surface area contributed by atoms with Crippen LogP contribution in [0, 0.1) is 0 Å². The molecule has 0 radical (unpaired) electrons. The van der Waals surface area contributed by atoms with Crippen LogP contribution in [0.3, 0.4) is 0 Å². The molecule has 164 valence electrons. The van der Waals surface area contributed by atoms with Crippen LogP contribution < -0.4 is 15.4 Å². The molecule has 0 spiro atoms. The second-order valence-corrected chi connectivity index (χ2v) is 7.41. The predicted octanol–water partition coefficient (Wildman–Crippen LogP) is 2.31. The lowest BCUT2D eigenvalue weighted by Crippen LogP contribution is -2.50. The molecule has 1 saturated heterocycles. The first-order valence-corrected chi connectivity index (χ1v) is 10.1. The number of benzene rings is 1. The first-order chi connectivity index (χ1) is 13.5. The molecule has 0 aromatic heterocycles. The van der Waals surface area contributed by atoms with Crippen molar-refractivity contribution in [2.75, 3.05) is 47.4 Å². The summed E-state index contributed by atoms with van der Waals surface area (Å²) in [6.07, 6.45) is 3.37. The van der Waals surface area contributed by atoms with Gasteiger partial charge in [0.25, 0.3) is 0 Å². The monoisotopic (exact) mass is 517 g/mol. The Labute approximate surface area is 192 Å². The first kappa shape index (κ1) is 25.5. The van der Waals surface area contributed by atoms with E-state index in [9.17, 15) is 4.79 Å². The number of methoxy groups -OCH3 is 1. The summed E-state index contributed by atoms with van der Waals surface area (Å²) in [5.41, 5.74) is 1.10. The third kappa shape index (κ3) is 9.20. The predicted molar refractivity (Wildman–Crippen MR) is 129 cm³/mol. The standard InChI is InChI=1S/C21H35N5O2.HI/c1-5-12-26-13-10-18(11-14-26)24-21(23-16-20(27)25(2)3)22-15-17-6-8-19(28-4)9-7-17;/h6-9,18H,5,10-16H2,1-4H3,(H2,22,23,24);1H. The lowest BCUT2D eigenvalue weighted by Gasteiger charge is -2.32. The minimum atomic E-state index is 0. The summed E-state index contributed by atoms with van der Waals surface area (Å²) in [5, 5.41) is 6.71. The molecule has 1 amide bonds. The summed E-state index contributed by atoms with van der Waals surface area (Å²) in [5.74, 6) is 1.55. The number of aliphatic imine (C=N–C) groups is 1. The summed E-state index contributed by atoms with van der Waals surface area (Å²) in [7, 11) is 5.18. The van der Waals surface area contributed by atoms with E-state index >= 15 is 0 Å². The second-order valence-electron chi connectivity index (χ2n) is 7.41. The summed E-state index contributed by atoms with van der Waals surface area (Å²) in [4.78, 5) is 20.7. The highest BCUT2D eigenvalue weighted by atomic mass is 127. The van der Waals surface area contributed by atoms with Crippen molar-refractivity contribution < 1.29 is 9.53 Å². The van der Waals surface area contributed by atoms with Gasteiger partial charge in [0.05, 0.1) is 20.2 Å². The van der Waals surface area contributed by atoms with Crippen LogP contribution in [0.1, 0.15) is 31.7 Å². The highest BCUT2D eigenvalue weighted by Crippen LogP contribution is 2.13. The molecule has 2 N–H and O–H groups in total. The molecule has 1 fully saturated rings. The third-order valence-corrected chi connectivity index (χ3v) is 4.95. The van der Waals surface area contributed by atoms with E-state index in [4.69, 9.17) is 9.73 Å². The topological polar surface area (TPSA) is 69.2 Å². The van der Waals surface area contributed by atoms with Gasteiger partial charge in [-0.2, -0.15) is 0 Å². The van der Waals surface area contributed by atoms with Crippen LogP contribution in [0.5, 0.6) is 5.75 Å². The van der Waals surface area contributed by atoms with Crippen molar-refractivity contribution in [3.63, 3.8) is 0 Å². The summed E-state index contributed by atoms with van der Waals surface area (Å²) < 4.78 is 5.20. The Kier molecular flexibility index (Phi) is 12.0. The van der Waals surface area contributed by atoms with E-state index in [1.807, 2.05) is 24.3 Å². The number of guanidine groups is 1. The molecule has 2 rings (SSSR count). The molecule has 1 aliphatic heterocycles. The van der Waals surface area contributed by atoms with Crippen LogP contribution in [0.4, 0.5) is 0 Å². The van der Waals surface area contributed by atoms with Crippen LogP contribution in [0.25, 0.3) is 0 Å². The fraction of sp³-hybridized carbons (Fsp3) is 0.619. The largest absolute Gasteiger partial charge is 0.497 e. The molecule has 0 bridgehead atoms. The van der Waals surface area contributed by atoms with Gasteiger partial charge < -0.3 is 25.2 Å². The van der Waals surface area contributed by atoms with E-state index < -0.39 is 0 Å². The number of rotatable bonds is 8. The van der Waals surface area contributed by atoms with Crippen LogP contribution in [-0.4, -0.2) is 75.1 Å². The van der Waals surface area contributed by atoms with Gasteiger partial charge >= 0.3 is 0 Å². The van der Waals surface area contributed by atoms with Crippen LogP contribution >= 0.6 is 24.0 Å². The summed E-state index contributed by atoms with van der Waals surface area (Å²) >= 11 is 0. The van der Waals surface area contributed by atoms with Crippen molar-refractivity contribution in [3.05, 3.63) is 29.8 Å². The van der Waals surface area contributed by atoms with E-state index in [0.29, 0.717) is 18.5 Å². The zero-order valence-electron chi connectivity index (χ0n) is 18.1. The molecule has 0 atom stereocenters. The number of likely N-dealkylation sites (N-methyl/N-ethyl adjacent to an activating group) is 1. The Bertz CT molecular complexity index is 628. The minimum absolute atomic E-state index is 0. The maximum absolute atomic E-state index is 12.0. The molecule has 29 heavy (non-hydrogen) atoms. The summed E-state index contributed by atoms with van der Waals surface area (Å²) in [6, 6.07) is 8.27. The van der Waals surface area contributed by atoms with Gasteiger partial charge in [-0.15, -0.1) is 24.0 Å². The number of nitrogens with one attached hydrogen (secondary N) is 2. The molecule has 0 unspecified atom stereocenters. The number of hydrogen-bond acceptors (Lipinski definition) is 4. The second kappa shape index (κ2) is 13.6. The molecule has 7 nitrogen and oxygen atoms in total. The molecule has 1 aliphatic rings. The number of piperidine rings is 1. The van der Waals surface area contributed by atoms with Gasteiger partial charge in [0.15, 0.2) is 5.96 Å². The van der Waals surface area contributed by atoms with Crippen molar-refractivity contribution in [1.29, 1.82) is 0 Å². The number of carbonyl (C=O) groups is 1. The fourth-order valence-corrected chi connectivity index (χ4v) is 3.18. The quantitative estimate of drug-likeness (QED) is 0.315. The Hall–Kier alpha value is -1.55. The lowest BCUT2D eigenvalue weighted by atomic mass is 10.1. The highest BCUT2D eigenvalue weighted by molar-refractivity contribution is 14.0. The van der Waals surface area contributed by atoms with Crippen molar-refractivity contribution in [2.45, 2.75) is 38.8 Å². The average Bonchev–Trinajstić information content (AvgIpc) is 2.71. The SMILES string of the molecule is CCCN1CCC(NC(=NCc2ccc(OC)cc2)NCC(=O)N(C)C)CC1.I. The Balaban J connectivity index is 0.00000420. The van der Waals surface area contributed by atoms with E-state index in [1.54, 1.807) is 26.1 Å². The number of amides is 1. The lowest BCUT2D eigenvalue weighted by molar-refractivity contribution is -0.127. The van der Waals surface area contributed by atoms with Gasteiger partial charge in [0.1, 0.15) is 5.75 Å². The highest BCUT2D eigenvalue weighted by Gasteiger charge is 2.19. The summed E-state index contributed by atoms with van der Waals surface area (Å²) in [6.45, 7) is 6.38. The molecule has 0 saturated carbocycles. The molecule has 1 aromatic carbocycles. The fourth-order valence-electron chi connectivity index (χ4n) is 3.18. The molecular formula is C21H36IN5O2. The molecular weight excluding hydrogens is 481 g/mol. The van der Waals surface area contributed by atoms with Gasteiger partial charge in [-0.25, -0.2) is 4.99 Å². The molecule has 8 heteroatoms. The minimum Gasteiger partial charge on any atom is -0.497 e. The number of nitrogens with zero attached hydrogens (tertiary/aromatic N) is 3. The number of halogens is 1. The van der Waals surface area contributed by atoms with Crippen molar-refractivity contribution >= 4 is 35.8 Å². The normalized spacial score (nSPS) is 15.4. The number of ether oxygens (including phenoxy) is 1. The number of carbonyl (C=O) groups excluding carboxylic acids is 1. The zero-order chi connectivity index (χ0) is 20.4. The van der Waals surface area contributed by atoms with Crippen LogP contribution in [0.15, 0.2) is 29.3 Å². The van der Waals surface area contributed by atoms with Gasteiger partial charge in [0, 0.05) is 33.2 Å². The average molecular weight is 517 g/mol. The smallest absolute Gasteiger partial charge is 0.241 e. The van der Waals surface area contributed by atoms with E-state index in [-0.39, 0.29) is 36.4 Å². The van der Waals surface area contributed by atoms with Crippen LogP contribution in [-0.2, 0) is 11.3 Å². The van der Waals surface area contributed by atoms with Gasteiger partial charge in [-0.3, -0.25) is 4.79 Å². The zero-order valence-corrected chi connectivity index (χ0v) is 20.4. The maximum Gasteiger partial charge on any atom is 0.241 e. The Morgan fingerprint density at radius 1 is 1.24 bits per heavy atom. The molecule has 1 heterocycles. The first-order valence-electron chi connectivity index (χ1n) is 10.1. The van der Waals surface area contributed by atoms with E-state index in [1.165, 1.54) is 13.0 Å². The van der Waals surface area contributed by atoms with Crippen molar-refractivity contribution in [3.8, 4) is 5.75 Å². The molecule has 0 aliphatic carbocycles. The van der Waals surface area contributed by atoms with E-state index in [2.05, 4.69) is 22.5 Å². The number of hydrogen-bond donors (Lipinski definition) is 2. The third-order valence-electron chi connectivity index (χ3n) is 4.95. The Morgan fingerprint density at radius 2 is 1.90 bits per heavy atom. The number of likely N-dealkylation sites (tertiary alicyclic amines) is 1. The van der Waals surface area contributed by atoms with Gasteiger partial charge in [0.2, 0.25) is 5.91 Å².